The average Bonchev–Trinajstić information content (AvgIpc) is 3.54. The summed E-state index contributed by atoms with van der Waals surface area (Å²) < 4.78 is 2.61. The van der Waals surface area contributed by atoms with Gasteiger partial charge in [-0.25, -0.2) is 0 Å². The monoisotopic (exact) mass is 627 g/mol. The minimum atomic E-state index is 1.13. The molecule has 0 amide bonds. The molecule has 1 aromatic heterocycles. The highest BCUT2D eigenvalue weighted by atomic mass is 32.1. The molecule has 10 aromatic rings. The summed E-state index contributed by atoms with van der Waals surface area (Å²) in [5, 5.41) is 12.8. The van der Waals surface area contributed by atoms with Crippen molar-refractivity contribution in [3.8, 4) is 11.1 Å². The van der Waals surface area contributed by atoms with Crippen LogP contribution in [-0.4, -0.2) is 0 Å². The molecule has 10 rings (SSSR count). The SMILES string of the molecule is c1ccc2c(c1)ccc1cc(-c3ccc(N(c4ccc5ccc6ccccc6c5c4)c4cccc5sc6ccccc6c45)cc3)ccc12. The van der Waals surface area contributed by atoms with Gasteiger partial charge in [0.2, 0.25) is 0 Å². The normalized spacial score (nSPS) is 11.8. The molecule has 0 unspecified atom stereocenters. The van der Waals surface area contributed by atoms with Crippen molar-refractivity contribution in [1.29, 1.82) is 0 Å². The lowest BCUT2D eigenvalue weighted by atomic mass is 9.97. The molecule has 0 saturated carbocycles. The number of thiophene rings is 1. The molecule has 0 fully saturated rings. The predicted molar refractivity (Wildman–Crippen MR) is 209 cm³/mol. The lowest BCUT2D eigenvalue weighted by molar-refractivity contribution is 1.31. The molecule has 9 aromatic carbocycles. The zero-order valence-corrected chi connectivity index (χ0v) is 26.9. The van der Waals surface area contributed by atoms with E-state index in [-0.39, 0.29) is 0 Å². The summed E-state index contributed by atoms with van der Waals surface area (Å²) >= 11 is 1.86. The zero-order valence-electron chi connectivity index (χ0n) is 26.1. The second-order valence-corrected chi connectivity index (χ2v) is 13.6. The van der Waals surface area contributed by atoms with Gasteiger partial charge in [0.15, 0.2) is 0 Å². The second-order valence-electron chi connectivity index (χ2n) is 12.5. The Bertz CT molecular complexity index is 2840. The Morgan fingerprint density at radius 2 is 0.896 bits per heavy atom. The van der Waals surface area contributed by atoms with Crippen LogP contribution in [0.15, 0.2) is 176 Å². The molecule has 0 radical (unpaired) electrons. The van der Waals surface area contributed by atoms with Gasteiger partial charge in [-0.15, -0.1) is 11.3 Å². The van der Waals surface area contributed by atoms with Gasteiger partial charge in [0.25, 0.3) is 0 Å². The van der Waals surface area contributed by atoms with Crippen LogP contribution in [0, 0.1) is 0 Å². The van der Waals surface area contributed by atoms with Crippen molar-refractivity contribution >= 4 is 91.7 Å². The topological polar surface area (TPSA) is 3.24 Å². The van der Waals surface area contributed by atoms with Crippen LogP contribution in [-0.2, 0) is 0 Å². The standard InChI is InChI=1S/C46H29NS/c1-3-10-38-31(8-1)18-19-35-28-34(23-27-40(35)38)30-20-24-36(25-21-30)47(43-13-7-15-45-46(43)41-12-5-6-14-44(41)48-45)37-26-22-33-17-16-32-9-2-4-11-39(32)42(33)29-37/h1-29H. The van der Waals surface area contributed by atoms with Crippen molar-refractivity contribution in [3.63, 3.8) is 0 Å². The number of fused-ring (bicyclic) bond motifs is 9. The van der Waals surface area contributed by atoms with Crippen LogP contribution in [0.4, 0.5) is 17.1 Å². The summed E-state index contributed by atoms with van der Waals surface area (Å²) in [6, 6.07) is 64.6. The molecule has 2 heteroatoms. The third-order valence-electron chi connectivity index (χ3n) is 9.81. The highest BCUT2D eigenvalue weighted by Crippen LogP contribution is 2.46. The Morgan fingerprint density at radius 1 is 0.333 bits per heavy atom. The third-order valence-corrected chi connectivity index (χ3v) is 10.9. The Morgan fingerprint density at radius 3 is 1.69 bits per heavy atom. The quantitative estimate of drug-likeness (QED) is 0.176. The van der Waals surface area contributed by atoms with E-state index < -0.39 is 0 Å². The van der Waals surface area contributed by atoms with E-state index in [4.69, 9.17) is 0 Å². The van der Waals surface area contributed by atoms with Crippen LogP contribution in [0.3, 0.4) is 0 Å². The molecular weight excluding hydrogens is 599 g/mol. The number of benzene rings is 9. The van der Waals surface area contributed by atoms with Crippen LogP contribution in [0.25, 0.3) is 74.4 Å². The fourth-order valence-corrected chi connectivity index (χ4v) is 8.62. The fourth-order valence-electron chi connectivity index (χ4n) is 7.49. The van der Waals surface area contributed by atoms with Gasteiger partial charge in [0, 0.05) is 31.5 Å². The zero-order chi connectivity index (χ0) is 31.6. The molecule has 224 valence electrons. The van der Waals surface area contributed by atoms with E-state index in [1.807, 2.05) is 11.3 Å². The first-order valence-corrected chi connectivity index (χ1v) is 17.2. The van der Waals surface area contributed by atoms with Crippen LogP contribution in [0.1, 0.15) is 0 Å². The number of hydrogen-bond donors (Lipinski definition) is 0. The first kappa shape index (κ1) is 27.2. The van der Waals surface area contributed by atoms with E-state index in [0.717, 1.165) is 11.4 Å². The molecule has 0 aliphatic carbocycles. The van der Waals surface area contributed by atoms with E-state index in [1.54, 1.807) is 0 Å². The highest BCUT2D eigenvalue weighted by molar-refractivity contribution is 7.26. The number of hydrogen-bond acceptors (Lipinski definition) is 2. The minimum absolute atomic E-state index is 1.13. The predicted octanol–water partition coefficient (Wildman–Crippen LogP) is 13.8. The van der Waals surface area contributed by atoms with Gasteiger partial charge in [0.05, 0.1) is 5.69 Å². The van der Waals surface area contributed by atoms with Crippen molar-refractivity contribution in [1.82, 2.24) is 0 Å². The molecule has 0 N–H and O–H groups in total. The Hall–Kier alpha value is -5.96. The molecule has 1 heterocycles. The molecule has 1 nitrogen and oxygen atoms in total. The highest BCUT2D eigenvalue weighted by Gasteiger charge is 2.19. The summed E-state index contributed by atoms with van der Waals surface area (Å²) in [4.78, 5) is 2.44. The van der Waals surface area contributed by atoms with E-state index in [0.29, 0.717) is 0 Å². The first-order valence-electron chi connectivity index (χ1n) is 16.4. The van der Waals surface area contributed by atoms with Crippen molar-refractivity contribution in [3.05, 3.63) is 176 Å². The summed E-state index contributed by atoms with van der Waals surface area (Å²) in [5.74, 6) is 0. The Labute approximate surface area is 282 Å². The van der Waals surface area contributed by atoms with Gasteiger partial charge in [-0.3, -0.25) is 0 Å². The lowest BCUT2D eigenvalue weighted by Crippen LogP contribution is -2.10. The van der Waals surface area contributed by atoms with Gasteiger partial charge in [-0.2, -0.15) is 0 Å². The van der Waals surface area contributed by atoms with Crippen LogP contribution >= 0.6 is 11.3 Å². The van der Waals surface area contributed by atoms with E-state index in [9.17, 15) is 0 Å². The molecule has 0 aliphatic heterocycles. The maximum absolute atomic E-state index is 2.44. The smallest absolute Gasteiger partial charge is 0.0554 e. The molecule has 0 atom stereocenters. The largest absolute Gasteiger partial charge is 0.310 e. The number of nitrogens with zero attached hydrogens (tertiary/aromatic N) is 1. The van der Waals surface area contributed by atoms with E-state index >= 15 is 0 Å². The Balaban J connectivity index is 1.16. The van der Waals surface area contributed by atoms with Crippen molar-refractivity contribution in [2.45, 2.75) is 0 Å². The maximum Gasteiger partial charge on any atom is 0.0554 e. The minimum Gasteiger partial charge on any atom is -0.310 e. The molecule has 0 aliphatic rings. The van der Waals surface area contributed by atoms with Gasteiger partial charge in [-0.05, 0) is 103 Å². The van der Waals surface area contributed by atoms with Crippen LogP contribution in [0.5, 0.6) is 0 Å². The van der Waals surface area contributed by atoms with Gasteiger partial charge in [-0.1, -0.05) is 127 Å². The third kappa shape index (κ3) is 4.31. The van der Waals surface area contributed by atoms with Crippen LogP contribution < -0.4 is 4.90 Å². The van der Waals surface area contributed by atoms with Crippen molar-refractivity contribution < 1.29 is 0 Å². The number of rotatable bonds is 4. The lowest BCUT2D eigenvalue weighted by Gasteiger charge is -2.27. The summed E-state index contributed by atoms with van der Waals surface area (Å²) in [7, 11) is 0. The fraction of sp³-hybridized carbons (Fsp3) is 0. The maximum atomic E-state index is 2.44. The average molecular weight is 628 g/mol. The summed E-state index contributed by atoms with van der Waals surface area (Å²) in [6.07, 6.45) is 0. The Kier molecular flexibility index (Phi) is 6.12. The molecule has 48 heavy (non-hydrogen) atoms. The molecule has 0 saturated heterocycles. The van der Waals surface area contributed by atoms with Crippen molar-refractivity contribution in [2.75, 3.05) is 4.90 Å². The van der Waals surface area contributed by atoms with Gasteiger partial charge in [0.1, 0.15) is 0 Å². The van der Waals surface area contributed by atoms with Gasteiger partial charge >= 0.3 is 0 Å². The molecular formula is C46H29NS. The van der Waals surface area contributed by atoms with Crippen LogP contribution in [0.2, 0.25) is 0 Å². The van der Waals surface area contributed by atoms with Crippen molar-refractivity contribution in [2.24, 2.45) is 0 Å². The first-order chi connectivity index (χ1) is 23.8. The molecule has 0 bridgehead atoms. The van der Waals surface area contributed by atoms with E-state index in [2.05, 4.69) is 181 Å². The summed E-state index contributed by atoms with van der Waals surface area (Å²) in [5.41, 5.74) is 5.89. The molecule has 0 spiro atoms. The van der Waals surface area contributed by atoms with E-state index in [1.165, 1.54) is 80.1 Å². The van der Waals surface area contributed by atoms with Gasteiger partial charge < -0.3 is 4.90 Å². The summed E-state index contributed by atoms with van der Waals surface area (Å²) in [6.45, 7) is 0. The number of anilines is 3. The second kappa shape index (κ2) is 10.8.